The molecule has 2 nitrogen and oxygen atoms in total. The molecule has 2 heteroatoms. The van der Waals surface area contributed by atoms with Crippen molar-refractivity contribution in [3.05, 3.63) is 114 Å². The fourth-order valence-electron chi connectivity index (χ4n) is 5.51. The average molecular weight is 442 g/mol. The highest BCUT2D eigenvalue weighted by Gasteiger charge is 2.35. The van der Waals surface area contributed by atoms with Gasteiger partial charge in [-0.05, 0) is 58.5 Å². The Morgan fingerprint density at radius 3 is 2.35 bits per heavy atom. The van der Waals surface area contributed by atoms with Crippen molar-refractivity contribution in [1.29, 1.82) is 0 Å². The standard InChI is InChI=1S/C32H27NO/c1-5-21-11-6-7-12-23(21)30-20(2)34-31-26(30)14-10-16-29(31)33-22-17-18-25-24-13-8-9-15-27(24)32(3,4)28(25)19-22/h5-19,33H,1H2,2-4H3. The summed E-state index contributed by atoms with van der Waals surface area (Å²) in [5.74, 6) is 0.907. The van der Waals surface area contributed by atoms with Crippen LogP contribution in [-0.2, 0) is 5.41 Å². The van der Waals surface area contributed by atoms with Crippen LogP contribution in [0.25, 0.3) is 39.3 Å². The van der Waals surface area contributed by atoms with E-state index in [1.165, 1.54) is 22.3 Å². The molecule has 1 aliphatic carbocycles. The average Bonchev–Trinajstić information content (AvgIpc) is 3.31. The maximum atomic E-state index is 6.34. The van der Waals surface area contributed by atoms with Crippen LogP contribution in [0.1, 0.15) is 36.3 Å². The van der Waals surface area contributed by atoms with E-state index in [1.54, 1.807) is 0 Å². The van der Waals surface area contributed by atoms with E-state index in [0.29, 0.717) is 0 Å². The highest BCUT2D eigenvalue weighted by Crippen LogP contribution is 2.49. The molecule has 1 N–H and O–H groups in total. The monoisotopic (exact) mass is 441 g/mol. The minimum Gasteiger partial charge on any atom is -0.459 e. The van der Waals surface area contributed by atoms with Crippen molar-refractivity contribution >= 4 is 28.4 Å². The van der Waals surface area contributed by atoms with Crippen LogP contribution < -0.4 is 5.32 Å². The summed E-state index contributed by atoms with van der Waals surface area (Å²) in [5, 5.41) is 4.75. The maximum absolute atomic E-state index is 6.34. The van der Waals surface area contributed by atoms with Gasteiger partial charge in [-0.25, -0.2) is 0 Å². The van der Waals surface area contributed by atoms with Gasteiger partial charge in [-0.1, -0.05) is 93.2 Å². The van der Waals surface area contributed by atoms with E-state index in [2.05, 4.69) is 105 Å². The van der Waals surface area contributed by atoms with Gasteiger partial charge in [0, 0.05) is 22.1 Å². The predicted octanol–water partition coefficient (Wildman–Crippen LogP) is 9.10. The third kappa shape index (κ3) is 2.95. The van der Waals surface area contributed by atoms with Crippen molar-refractivity contribution in [2.75, 3.05) is 5.32 Å². The Hall–Kier alpha value is -4.04. The SMILES string of the molecule is C=Cc1ccccc1-c1c(C)oc2c(Nc3ccc4c(c3)C(C)(C)c3ccccc3-4)cccc12. The zero-order valence-electron chi connectivity index (χ0n) is 19.8. The predicted molar refractivity (Wildman–Crippen MR) is 144 cm³/mol. The Morgan fingerprint density at radius 1 is 0.794 bits per heavy atom. The largest absolute Gasteiger partial charge is 0.459 e. The summed E-state index contributed by atoms with van der Waals surface area (Å²) in [7, 11) is 0. The van der Waals surface area contributed by atoms with E-state index >= 15 is 0 Å². The number of aryl methyl sites for hydroxylation is 1. The van der Waals surface area contributed by atoms with Gasteiger partial charge in [-0.3, -0.25) is 0 Å². The molecular formula is C32H27NO. The maximum Gasteiger partial charge on any atom is 0.158 e. The molecule has 0 spiro atoms. The molecule has 1 aliphatic rings. The summed E-state index contributed by atoms with van der Waals surface area (Å²) in [6, 6.07) is 30.1. The second-order valence-corrected chi connectivity index (χ2v) is 9.56. The van der Waals surface area contributed by atoms with Crippen LogP contribution in [-0.4, -0.2) is 0 Å². The van der Waals surface area contributed by atoms with E-state index in [-0.39, 0.29) is 5.41 Å². The third-order valence-corrected chi connectivity index (χ3v) is 7.20. The van der Waals surface area contributed by atoms with Crippen LogP contribution in [0.15, 0.2) is 95.9 Å². The molecule has 166 valence electrons. The molecule has 0 aliphatic heterocycles. The Balaban J connectivity index is 1.44. The lowest BCUT2D eigenvalue weighted by atomic mass is 9.82. The number of furan rings is 1. The van der Waals surface area contributed by atoms with Gasteiger partial charge in [0.1, 0.15) is 5.76 Å². The Labute approximate surface area is 200 Å². The Kier molecular flexibility index (Phi) is 4.53. The van der Waals surface area contributed by atoms with Crippen LogP contribution in [0.5, 0.6) is 0 Å². The second kappa shape index (κ2) is 7.50. The van der Waals surface area contributed by atoms with Crippen molar-refractivity contribution in [3.8, 4) is 22.3 Å². The minimum absolute atomic E-state index is 0.0293. The highest BCUT2D eigenvalue weighted by atomic mass is 16.3. The normalized spacial score (nSPS) is 13.5. The molecule has 1 heterocycles. The van der Waals surface area contributed by atoms with Gasteiger partial charge < -0.3 is 9.73 Å². The first-order valence-corrected chi connectivity index (χ1v) is 11.7. The van der Waals surface area contributed by atoms with Crippen molar-refractivity contribution in [1.82, 2.24) is 0 Å². The number of benzene rings is 4. The number of hydrogen-bond donors (Lipinski definition) is 1. The molecule has 0 unspecified atom stereocenters. The van der Waals surface area contributed by atoms with Gasteiger partial charge >= 0.3 is 0 Å². The zero-order chi connectivity index (χ0) is 23.4. The minimum atomic E-state index is -0.0293. The fourth-order valence-corrected chi connectivity index (χ4v) is 5.51. The second-order valence-electron chi connectivity index (χ2n) is 9.56. The van der Waals surface area contributed by atoms with E-state index in [1.807, 2.05) is 19.1 Å². The molecule has 1 aromatic heterocycles. The van der Waals surface area contributed by atoms with Gasteiger partial charge in [0.25, 0.3) is 0 Å². The molecule has 0 amide bonds. The lowest BCUT2D eigenvalue weighted by Gasteiger charge is -2.22. The van der Waals surface area contributed by atoms with Crippen molar-refractivity contribution in [3.63, 3.8) is 0 Å². The molecule has 6 rings (SSSR count). The summed E-state index contributed by atoms with van der Waals surface area (Å²) in [5.41, 5.74) is 11.6. The summed E-state index contributed by atoms with van der Waals surface area (Å²) in [6.07, 6.45) is 1.90. The molecule has 0 saturated carbocycles. The third-order valence-electron chi connectivity index (χ3n) is 7.20. The van der Waals surface area contributed by atoms with E-state index in [4.69, 9.17) is 4.42 Å². The van der Waals surface area contributed by atoms with Crippen LogP contribution in [0.3, 0.4) is 0 Å². The van der Waals surface area contributed by atoms with E-state index in [9.17, 15) is 0 Å². The molecule has 4 aromatic carbocycles. The number of hydrogen-bond acceptors (Lipinski definition) is 2. The van der Waals surface area contributed by atoms with Crippen LogP contribution in [0.2, 0.25) is 0 Å². The molecule has 34 heavy (non-hydrogen) atoms. The van der Waals surface area contributed by atoms with Crippen molar-refractivity contribution in [2.45, 2.75) is 26.2 Å². The quantitative estimate of drug-likeness (QED) is 0.301. The van der Waals surface area contributed by atoms with E-state index < -0.39 is 0 Å². The van der Waals surface area contributed by atoms with Gasteiger partial charge in [0.15, 0.2) is 5.58 Å². The smallest absolute Gasteiger partial charge is 0.158 e. The number of anilines is 2. The molecule has 5 aromatic rings. The molecule has 0 bridgehead atoms. The molecule has 0 saturated heterocycles. The van der Waals surface area contributed by atoms with Crippen molar-refractivity contribution in [2.24, 2.45) is 0 Å². The summed E-state index contributed by atoms with van der Waals surface area (Å²) in [6.45, 7) is 10.6. The van der Waals surface area contributed by atoms with Gasteiger partial charge in [-0.2, -0.15) is 0 Å². The lowest BCUT2D eigenvalue weighted by Crippen LogP contribution is -2.15. The first-order chi connectivity index (χ1) is 16.5. The van der Waals surface area contributed by atoms with Crippen LogP contribution in [0.4, 0.5) is 11.4 Å². The zero-order valence-corrected chi connectivity index (χ0v) is 19.8. The molecule has 0 atom stereocenters. The van der Waals surface area contributed by atoms with Crippen LogP contribution in [0, 0.1) is 6.92 Å². The fraction of sp³-hybridized carbons (Fsp3) is 0.125. The van der Waals surface area contributed by atoms with E-state index in [0.717, 1.165) is 44.8 Å². The Bertz CT molecular complexity index is 1580. The van der Waals surface area contributed by atoms with Crippen molar-refractivity contribution < 1.29 is 4.42 Å². The number of rotatable bonds is 4. The highest BCUT2D eigenvalue weighted by molar-refractivity contribution is 6.03. The number of fused-ring (bicyclic) bond motifs is 4. The van der Waals surface area contributed by atoms with Gasteiger partial charge in [0.05, 0.1) is 5.69 Å². The first kappa shape index (κ1) is 20.6. The number of para-hydroxylation sites is 1. The molecule has 0 fully saturated rings. The van der Waals surface area contributed by atoms with Gasteiger partial charge in [-0.15, -0.1) is 0 Å². The van der Waals surface area contributed by atoms with Crippen LogP contribution >= 0.6 is 0 Å². The number of nitrogens with one attached hydrogen (secondary N) is 1. The summed E-state index contributed by atoms with van der Waals surface area (Å²) in [4.78, 5) is 0. The first-order valence-electron chi connectivity index (χ1n) is 11.7. The Morgan fingerprint density at radius 2 is 1.53 bits per heavy atom. The molecular weight excluding hydrogens is 414 g/mol. The molecule has 0 radical (unpaired) electrons. The lowest BCUT2D eigenvalue weighted by molar-refractivity contribution is 0.581. The summed E-state index contributed by atoms with van der Waals surface area (Å²) >= 11 is 0. The van der Waals surface area contributed by atoms with Gasteiger partial charge in [0.2, 0.25) is 0 Å². The topological polar surface area (TPSA) is 25.2 Å². The summed E-state index contributed by atoms with van der Waals surface area (Å²) < 4.78 is 6.34.